The molecule has 0 aromatic rings. The van der Waals surface area contributed by atoms with Crippen LogP contribution in [0.1, 0.15) is 39.0 Å². The summed E-state index contributed by atoms with van der Waals surface area (Å²) >= 11 is 0. The average molecular weight is 304 g/mol. The summed E-state index contributed by atoms with van der Waals surface area (Å²) in [6.07, 6.45) is 4.75. The Morgan fingerprint density at radius 1 is 1.10 bits per heavy atom. The Kier molecular flexibility index (Phi) is 4.71. The van der Waals surface area contributed by atoms with Crippen LogP contribution >= 0.6 is 0 Å². The Balaban J connectivity index is 2.07. The van der Waals surface area contributed by atoms with Crippen molar-refractivity contribution in [3.8, 4) is 0 Å². The monoisotopic (exact) mass is 304 g/mol. The first kappa shape index (κ1) is 15.7. The van der Waals surface area contributed by atoms with Crippen molar-refractivity contribution in [1.82, 2.24) is 10.0 Å². The largest absolute Gasteiger partial charge is 0.391 e. The van der Waals surface area contributed by atoms with Crippen LogP contribution in [0.5, 0.6) is 0 Å². The molecule has 0 radical (unpaired) electrons. The second-order valence-electron chi connectivity index (χ2n) is 6.13. The number of hydrogen-bond donors (Lipinski definition) is 3. The molecular formula is C13H24N2O4S. The smallest absolute Gasteiger partial charge is 0.217 e. The lowest BCUT2D eigenvalue weighted by molar-refractivity contribution is -0.122. The maximum absolute atomic E-state index is 11.4. The number of hydrogen-bond acceptors (Lipinski definition) is 4. The van der Waals surface area contributed by atoms with E-state index in [2.05, 4.69) is 10.0 Å². The summed E-state index contributed by atoms with van der Waals surface area (Å²) in [6.45, 7) is 1.45. The first-order valence-corrected chi connectivity index (χ1v) is 9.09. The third-order valence-electron chi connectivity index (χ3n) is 4.54. The van der Waals surface area contributed by atoms with E-state index in [0.717, 1.165) is 25.7 Å². The molecule has 116 valence electrons. The Morgan fingerprint density at radius 3 is 2.40 bits per heavy atom. The molecule has 5 unspecified atom stereocenters. The third-order valence-corrected chi connectivity index (χ3v) is 5.27. The standard InChI is InChI=1S/C13H24N2O4S/c1-8(16)14-12-7-6-9-10(13(12)17)4-3-5-11(9)15-20(2,18)19/h9-13,15,17H,3-7H2,1-2H3,(H,14,16). The van der Waals surface area contributed by atoms with Crippen molar-refractivity contribution in [2.75, 3.05) is 6.26 Å². The quantitative estimate of drug-likeness (QED) is 0.683. The van der Waals surface area contributed by atoms with Gasteiger partial charge in [-0.1, -0.05) is 6.42 Å². The summed E-state index contributed by atoms with van der Waals surface area (Å²) in [4.78, 5) is 11.2. The predicted molar refractivity (Wildman–Crippen MR) is 75.4 cm³/mol. The lowest BCUT2D eigenvalue weighted by atomic mass is 9.66. The van der Waals surface area contributed by atoms with Crippen LogP contribution in [0.3, 0.4) is 0 Å². The van der Waals surface area contributed by atoms with Gasteiger partial charge in [-0.15, -0.1) is 0 Å². The van der Waals surface area contributed by atoms with Crippen molar-refractivity contribution < 1.29 is 18.3 Å². The molecule has 2 saturated carbocycles. The van der Waals surface area contributed by atoms with Crippen molar-refractivity contribution in [3.05, 3.63) is 0 Å². The van der Waals surface area contributed by atoms with Gasteiger partial charge in [-0.25, -0.2) is 13.1 Å². The SMILES string of the molecule is CC(=O)NC1CCC2C(NS(C)(=O)=O)CCCC2C1O. The summed E-state index contributed by atoms with van der Waals surface area (Å²) in [7, 11) is -3.23. The lowest BCUT2D eigenvalue weighted by Gasteiger charge is -2.46. The maximum atomic E-state index is 11.4. The van der Waals surface area contributed by atoms with Crippen LogP contribution in [0.4, 0.5) is 0 Å². The molecule has 2 rings (SSSR count). The van der Waals surface area contributed by atoms with Gasteiger partial charge in [0.1, 0.15) is 0 Å². The van der Waals surface area contributed by atoms with E-state index in [-0.39, 0.29) is 29.8 Å². The van der Waals surface area contributed by atoms with Gasteiger partial charge >= 0.3 is 0 Å². The topological polar surface area (TPSA) is 95.5 Å². The minimum absolute atomic E-state index is 0.0635. The number of amides is 1. The van der Waals surface area contributed by atoms with Gasteiger partial charge in [0.2, 0.25) is 15.9 Å². The number of aliphatic hydroxyl groups is 1. The fourth-order valence-corrected chi connectivity index (χ4v) is 4.66. The highest BCUT2D eigenvalue weighted by atomic mass is 32.2. The van der Waals surface area contributed by atoms with Crippen molar-refractivity contribution in [3.63, 3.8) is 0 Å². The Morgan fingerprint density at radius 2 is 1.80 bits per heavy atom. The van der Waals surface area contributed by atoms with Gasteiger partial charge in [0, 0.05) is 13.0 Å². The van der Waals surface area contributed by atoms with E-state index >= 15 is 0 Å². The maximum Gasteiger partial charge on any atom is 0.217 e. The molecule has 20 heavy (non-hydrogen) atoms. The van der Waals surface area contributed by atoms with Crippen LogP contribution in [0.25, 0.3) is 0 Å². The van der Waals surface area contributed by atoms with Crippen LogP contribution in [-0.4, -0.2) is 43.9 Å². The molecule has 3 N–H and O–H groups in total. The number of sulfonamides is 1. The van der Waals surface area contributed by atoms with Crippen LogP contribution in [-0.2, 0) is 14.8 Å². The molecule has 6 nitrogen and oxygen atoms in total. The highest BCUT2D eigenvalue weighted by Crippen LogP contribution is 2.41. The van der Waals surface area contributed by atoms with E-state index in [1.165, 1.54) is 13.2 Å². The third kappa shape index (κ3) is 3.71. The van der Waals surface area contributed by atoms with Gasteiger partial charge in [-0.2, -0.15) is 0 Å². The fourth-order valence-electron chi connectivity index (χ4n) is 3.82. The van der Waals surface area contributed by atoms with E-state index in [9.17, 15) is 18.3 Å². The summed E-state index contributed by atoms with van der Waals surface area (Å²) in [5, 5.41) is 13.2. The normalized spacial score (nSPS) is 38.0. The molecule has 1 amide bonds. The molecule has 2 fully saturated rings. The van der Waals surface area contributed by atoms with Gasteiger partial charge in [-0.05, 0) is 37.5 Å². The summed E-state index contributed by atoms with van der Waals surface area (Å²) in [5.41, 5.74) is 0. The number of fused-ring (bicyclic) bond motifs is 1. The van der Waals surface area contributed by atoms with Crippen molar-refractivity contribution in [1.29, 1.82) is 0 Å². The van der Waals surface area contributed by atoms with Gasteiger partial charge in [0.15, 0.2) is 0 Å². The van der Waals surface area contributed by atoms with E-state index in [0.29, 0.717) is 6.42 Å². The molecule has 2 aliphatic rings. The molecular weight excluding hydrogens is 280 g/mol. The van der Waals surface area contributed by atoms with Crippen LogP contribution < -0.4 is 10.0 Å². The lowest BCUT2D eigenvalue weighted by Crippen LogP contribution is -2.56. The highest BCUT2D eigenvalue weighted by Gasteiger charge is 2.44. The van der Waals surface area contributed by atoms with Gasteiger partial charge < -0.3 is 10.4 Å². The first-order chi connectivity index (χ1) is 9.28. The molecule has 0 aliphatic heterocycles. The predicted octanol–water partition coefficient (Wildman–Crippen LogP) is -0.0201. The average Bonchev–Trinajstić information content (AvgIpc) is 2.31. The Hall–Kier alpha value is -0.660. The second-order valence-corrected chi connectivity index (χ2v) is 7.91. The molecule has 2 aliphatic carbocycles. The van der Waals surface area contributed by atoms with Crippen LogP contribution in [0, 0.1) is 11.8 Å². The molecule has 0 aromatic carbocycles. The number of carbonyl (C=O) groups excluding carboxylic acids is 1. The molecule has 0 aromatic heterocycles. The van der Waals surface area contributed by atoms with Crippen LogP contribution in [0.2, 0.25) is 0 Å². The van der Waals surface area contributed by atoms with Gasteiger partial charge in [0.05, 0.1) is 18.4 Å². The zero-order valence-electron chi connectivity index (χ0n) is 12.0. The number of carbonyl (C=O) groups is 1. The minimum Gasteiger partial charge on any atom is -0.391 e. The molecule has 0 heterocycles. The number of nitrogens with one attached hydrogen (secondary N) is 2. The van der Waals surface area contributed by atoms with E-state index in [1.54, 1.807) is 0 Å². The summed E-state index contributed by atoms with van der Waals surface area (Å²) in [5.74, 6) is 0.0983. The van der Waals surface area contributed by atoms with Crippen molar-refractivity contribution in [2.45, 2.75) is 57.2 Å². The highest BCUT2D eigenvalue weighted by molar-refractivity contribution is 7.88. The number of aliphatic hydroxyl groups excluding tert-OH is 1. The van der Waals surface area contributed by atoms with Gasteiger partial charge in [0.25, 0.3) is 0 Å². The Labute approximate surface area is 120 Å². The van der Waals surface area contributed by atoms with Crippen molar-refractivity contribution >= 4 is 15.9 Å². The molecule has 0 spiro atoms. The number of rotatable bonds is 3. The van der Waals surface area contributed by atoms with Gasteiger partial charge in [-0.3, -0.25) is 4.79 Å². The molecule has 5 atom stereocenters. The van der Waals surface area contributed by atoms with E-state index in [1.807, 2.05) is 0 Å². The fraction of sp³-hybridized carbons (Fsp3) is 0.923. The van der Waals surface area contributed by atoms with Crippen LogP contribution in [0.15, 0.2) is 0 Å². The molecule has 0 bridgehead atoms. The zero-order valence-corrected chi connectivity index (χ0v) is 12.8. The summed E-state index contributed by atoms with van der Waals surface area (Å²) < 4.78 is 25.6. The minimum atomic E-state index is -3.23. The molecule has 0 saturated heterocycles. The van der Waals surface area contributed by atoms with E-state index < -0.39 is 16.1 Å². The molecule has 7 heteroatoms. The second kappa shape index (κ2) is 5.99. The zero-order chi connectivity index (χ0) is 14.9. The summed E-state index contributed by atoms with van der Waals surface area (Å²) in [6, 6.07) is -0.289. The first-order valence-electron chi connectivity index (χ1n) is 7.20. The van der Waals surface area contributed by atoms with Crippen molar-refractivity contribution in [2.24, 2.45) is 11.8 Å². The van der Waals surface area contributed by atoms with E-state index in [4.69, 9.17) is 0 Å². The Bertz CT molecular complexity index is 465.